The van der Waals surface area contributed by atoms with Gasteiger partial charge in [0.2, 0.25) is 18.3 Å². The molecule has 0 unspecified atom stereocenters. The number of methoxy groups -OCH3 is 2. The first-order valence-electron chi connectivity index (χ1n) is 8.05. The Balaban J connectivity index is 2.04. The summed E-state index contributed by atoms with van der Waals surface area (Å²) < 4.78 is 27.5. The van der Waals surface area contributed by atoms with Crippen LogP contribution in [0.1, 0.15) is 41.0 Å². The van der Waals surface area contributed by atoms with Gasteiger partial charge in [0.15, 0.2) is 23.1 Å². The van der Waals surface area contributed by atoms with Gasteiger partial charge in [-0.15, -0.1) is 0 Å². The number of ketones is 2. The smallest absolute Gasteiger partial charge is 0.231 e. The lowest BCUT2D eigenvalue weighted by Crippen LogP contribution is -2.36. The Hall–Kier alpha value is -2.54. The Morgan fingerprint density at radius 1 is 0.920 bits per heavy atom. The van der Waals surface area contributed by atoms with E-state index in [1.54, 1.807) is 6.92 Å². The van der Waals surface area contributed by atoms with E-state index in [0.29, 0.717) is 17.6 Å². The number of hydrogen-bond donors (Lipinski definition) is 0. The van der Waals surface area contributed by atoms with Gasteiger partial charge < -0.3 is 23.7 Å². The molecule has 0 amide bonds. The van der Waals surface area contributed by atoms with Crippen molar-refractivity contribution in [1.82, 2.24) is 0 Å². The molecule has 1 aliphatic carbocycles. The SMILES string of the molecule is COc1c2c(c(OC)c3c1C(=O)C1=C(C3=O)[C@@H](C)O[C@@H](C)C1)OCO2. The van der Waals surface area contributed by atoms with Crippen molar-refractivity contribution in [2.75, 3.05) is 21.0 Å². The summed E-state index contributed by atoms with van der Waals surface area (Å²) in [5, 5.41) is 0. The van der Waals surface area contributed by atoms with Gasteiger partial charge in [0.05, 0.1) is 37.6 Å². The van der Waals surface area contributed by atoms with Gasteiger partial charge in [0.25, 0.3) is 0 Å². The lowest BCUT2D eigenvalue weighted by molar-refractivity contribution is 0.0148. The van der Waals surface area contributed by atoms with E-state index in [0.717, 1.165) is 0 Å². The van der Waals surface area contributed by atoms with Crippen LogP contribution in [0.2, 0.25) is 0 Å². The largest absolute Gasteiger partial charge is 0.492 e. The predicted octanol–water partition coefficient (Wildman–Crippen LogP) is 2.31. The highest BCUT2D eigenvalue weighted by atomic mass is 16.7. The molecule has 2 atom stereocenters. The fraction of sp³-hybridized carbons (Fsp3) is 0.444. The minimum Gasteiger partial charge on any atom is -0.492 e. The molecule has 0 saturated heterocycles. The van der Waals surface area contributed by atoms with E-state index in [4.69, 9.17) is 23.7 Å². The Bertz CT molecular complexity index is 837. The summed E-state index contributed by atoms with van der Waals surface area (Å²) >= 11 is 0. The molecule has 4 rings (SSSR count). The predicted molar refractivity (Wildman–Crippen MR) is 86.0 cm³/mol. The summed E-state index contributed by atoms with van der Waals surface area (Å²) in [6.45, 7) is 3.62. The average Bonchev–Trinajstić information content (AvgIpc) is 3.06. The summed E-state index contributed by atoms with van der Waals surface area (Å²) in [4.78, 5) is 26.5. The van der Waals surface area contributed by atoms with Gasteiger partial charge in [-0.1, -0.05) is 0 Å². The van der Waals surface area contributed by atoms with Crippen LogP contribution >= 0.6 is 0 Å². The van der Waals surface area contributed by atoms with Crippen LogP contribution in [0.5, 0.6) is 23.0 Å². The number of Topliss-reactive ketones (excluding diaryl/α,β-unsaturated/α-hetero) is 2. The molecule has 0 radical (unpaired) electrons. The van der Waals surface area contributed by atoms with Gasteiger partial charge in [-0.2, -0.15) is 0 Å². The minimum atomic E-state index is -0.468. The van der Waals surface area contributed by atoms with E-state index in [9.17, 15) is 9.59 Å². The average molecular weight is 346 g/mol. The molecule has 2 heterocycles. The molecule has 1 aromatic rings. The number of ether oxygens (including phenoxy) is 5. The molecule has 0 aromatic heterocycles. The van der Waals surface area contributed by atoms with Crippen LogP contribution in [-0.4, -0.2) is 44.8 Å². The minimum absolute atomic E-state index is 0.0307. The van der Waals surface area contributed by atoms with Crippen LogP contribution in [0, 0.1) is 0 Å². The molecule has 25 heavy (non-hydrogen) atoms. The Labute approximate surface area is 144 Å². The Morgan fingerprint density at radius 2 is 1.48 bits per heavy atom. The molecule has 7 nitrogen and oxygen atoms in total. The summed E-state index contributed by atoms with van der Waals surface area (Å²) in [7, 11) is 2.86. The number of benzene rings is 1. The molecular weight excluding hydrogens is 328 g/mol. The third kappa shape index (κ3) is 2.02. The maximum atomic E-state index is 13.2. The van der Waals surface area contributed by atoms with Crippen molar-refractivity contribution in [2.24, 2.45) is 0 Å². The quantitative estimate of drug-likeness (QED) is 0.813. The van der Waals surface area contributed by atoms with Gasteiger partial charge in [-0.3, -0.25) is 9.59 Å². The van der Waals surface area contributed by atoms with E-state index in [-0.39, 0.29) is 58.6 Å². The molecule has 0 bridgehead atoms. The summed E-state index contributed by atoms with van der Waals surface area (Å²) in [6, 6.07) is 0. The van der Waals surface area contributed by atoms with E-state index in [1.807, 2.05) is 6.92 Å². The zero-order valence-corrected chi connectivity index (χ0v) is 14.4. The van der Waals surface area contributed by atoms with Crippen LogP contribution in [0.3, 0.4) is 0 Å². The molecule has 0 N–H and O–H groups in total. The third-order valence-electron chi connectivity index (χ3n) is 4.77. The van der Waals surface area contributed by atoms with E-state index < -0.39 is 6.10 Å². The summed E-state index contributed by atoms with van der Waals surface area (Å²) in [5.41, 5.74) is 1.18. The fourth-order valence-electron chi connectivity index (χ4n) is 3.82. The van der Waals surface area contributed by atoms with Gasteiger partial charge >= 0.3 is 0 Å². The zero-order valence-electron chi connectivity index (χ0n) is 14.4. The third-order valence-corrected chi connectivity index (χ3v) is 4.77. The number of carbonyl (C=O) groups is 2. The van der Waals surface area contributed by atoms with Gasteiger partial charge in [0, 0.05) is 17.6 Å². The number of fused-ring (bicyclic) bond motifs is 2. The summed E-state index contributed by atoms with van der Waals surface area (Å²) in [6.07, 6.45) is -0.234. The van der Waals surface area contributed by atoms with Gasteiger partial charge in [-0.05, 0) is 13.8 Å². The lowest BCUT2D eigenvalue weighted by atomic mass is 9.77. The highest BCUT2D eigenvalue weighted by Gasteiger charge is 2.45. The first kappa shape index (κ1) is 16.0. The maximum absolute atomic E-state index is 13.2. The van der Waals surface area contributed by atoms with Crippen molar-refractivity contribution >= 4 is 11.6 Å². The number of rotatable bonds is 2. The molecule has 1 aromatic carbocycles. The van der Waals surface area contributed by atoms with Crippen LogP contribution in [0.4, 0.5) is 0 Å². The van der Waals surface area contributed by atoms with Crippen LogP contribution in [0.25, 0.3) is 0 Å². The standard InChI is InChI=1S/C18H18O7/c1-7-5-9-10(8(2)25-7)14(20)12-11(13(9)19)15(21-3)17-18(16(12)22-4)24-6-23-17/h7-8H,5-6H2,1-4H3/t7-,8+/m0/s1. The van der Waals surface area contributed by atoms with Crippen molar-refractivity contribution in [3.8, 4) is 23.0 Å². The van der Waals surface area contributed by atoms with Crippen LogP contribution in [-0.2, 0) is 4.74 Å². The van der Waals surface area contributed by atoms with Crippen molar-refractivity contribution in [2.45, 2.75) is 32.5 Å². The molecule has 7 heteroatoms. The van der Waals surface area contributed by atoms with E-state index >= 15 is 0 Å². The molecule has 0 saturated carbocycles. The number of hydrogen-bond acceptors (Lipinski definition) is 7. The van der Waals surface area contributed by atoms with Crippen LogP contribution < -0.4 is 18.9 Å². The van der Waals surface area contributed by atoms with Gasteiger partial charge in [-0.25, -0.2) is 0 Å². The van der Waals surface area contributed by atoms with E-state index in [1.165, 1.54) is 14.2 Å². The molecular formula is C18H18O7. The fourth-order valence-corrected chi connectivity index (χ4v) is 3.82. The number of carbonyl (C=O) groups excluding carboxylic acids is 2. The van der Waals surface area contributed by atoms with Gasteiger partial charge in [0.1, 0.15) is 0 Å². The lowest BCUT2D eigenvalue weighted by Gasteiger charge is -2.33. The van der Waals surface area contributed by atoms with Crippen molar-refractivity contribution in [3.05, 3.63) is 22.3 Å². The molecule has 132 valence electrons. The highest BCUT2D eigenvalue weighted by molar-refractivity contribution is 6.30. The molecule has 0 spiro atoms. The Kier molecular flexibility index (Phi) is 3.50. The second kappa shape index (κ2) is 5.49. The normalized spacial score (nSPS) is 24.2. The molecule has 2 aliphatic heterocycles. The van der Waals surface area contributed by atoms with Crippen molar-refractivity contribution in [3.63, 3.8) is 0 Å². The second-order valence-electron chi connectivity index (χ2n) is 6.22. The van der Waals surface area contributed by atoms with E-state index in [2.05, 4.69) is 0 Å². The first-order chi connectivity index (χ1) is 12.0. The second-order valence-corrected chi connectivity index (χ2v) is 6.22. The first-order valence-corrected chi connectivity index (χ1v) is 8.05. The Morgan fingerprint density at radius 3 is 2.04 bits per heavy atom. The monoisotopic (exact) mass is 346 g/mol. The topological polar surface area (TPSA) is 80.3 Å². The molecule has 0 fully saturated rings. The summed E-state index contributed by atoms with van der Waals surface area (Å²) in [5.74, 6) is 0.425. The highest BCUT2D eigenvalue weighted by Crippen LogP contribution is 2.55. The molecule has 3 aliphatic rings. The van der Waals surface area contributed by atoms with Crippen LogP contribution in [0.15, 0.2) is 11.1 Å². The van der Waals surface area contributed by atoms with Crippen molar-refractivity contribution in [1.29, 1.82) is 0 Å². The zero-order chi connectivity index (χ0) is 17.9. The maximum Gasteiger partial charge on any atom is 0.231 e. The van der Waals surface area contributed by atoms with Crippen molar-refractivity contribution < 1.29 is 33.3 Å².